The van der Waals surface area contributed by atoms with Crippen LogP contribution in [0.4, 0.5) is 0 Å². The summed E-state index contributed by atoms with van der Waals surface area (Å²) < 4.78 is 0. The quantitative estimate of drug-likeness (QED) is 0.655. The van der Waals surface area contributed by atoms with Crippen LogP contribution in [0.5, 0.6) is 0 Å². The molecule has 2 fully saturated rings. The maximum Gasteiger partial charge on any atom is 0.309 e. The maximum atomic E-state index is 11.3. The summed E-state index contributed by atoms with van der Waals surface area (Å²) in [5.41, 5.74) is 0. The third-order valence-corrected chi connectivity index (χ3v) is 2.90. The average molecular weight is 212 g/mol. The first-order valence-electron chi connectivity index (χ1n) is 5.39. The highest BCUT2D eigenvalue weighted by Gasteiger charge is 2.32. The lowest BCUT2D eigenvalue weighted by atomic mass is 10.0. The summed E-state index contributed by atoms with van der Waals surface area (Å²) in [6, 6.07) is 0.417. The van der Waals surface area contributed by atoms with Crippen LogP contribution in [-0.2, 0) is 9.59 Å². The van der Waals surface area contributed by atoms with Gasteiger partial charge in [-0.3, -0.25) is 9.59 Å². The predicted molar refractivity (Wildman–Crippen MR) is 53.3 cm³/mol. The number of carbonyl (C=O) groups excluding carboxylic acids is 1. The van der Waals surface area contributed by atoms with Gasteiger partial charge in [-0.1, -0.05) is 0 Å². The Kier molecular flexibility index (Phi) is 2.90. The molecule has 15 heavy (non-hydrogen) atoms. The fourth-order valence-corrected chi connectivity index (χ4v) is 1.70. The van der Waals surface area contributed by atoms with Crippen LogP contribution in [0.25, 0.3) is 0 Å². The molecule has 0 aromatic heterocycles. The van der Waals surface area contributed by atoms with Crippen LogP contribution in [-0.4, -0.2) is 47.6 Å². The van der Waals surface area contributed by atoms with Gasteiger partial charge in [0.15, 0.2) is 0 Å². The van der Waals surface area contributed by atoms with Gasteiger partial charge in [0.25, 0.3) is 0 Å². The van der Waals surface area contributed by atoms with Crippen LogP contribution in [0.15, 0.2) is 0 Å². The molecule has 2 aliphatic rings. The summed E-state index contributed by atoms with van der Waals surface area (Å²) in [6.07, 6.45) is 2.70. The Hall–Kier alpha value is -1.10. The molecule has 1 saturated carbocycles. The van der Waals surface area contributed by atoms with Crippen molar-refractivity contribution in [2.75, 3.05) is 19.6 Å². The van der Waals surface area contributed by atoms with Crippen molar-refractivity contribution in [2.24, 2.45) is 5.92 Å². The molecule has 0 spiro atoms. The van der Waals surface area contributed by atoms with Crippen molar-refractivity contribution in [3.8, 4) is 0 Å². The Bertz CT molecular complexity index is 270. The zero-order chi connectivity index (χ0) is 10.8. The summed E-state index contributed by atoms with van der Waals surface area (Å²) in [7, 11) is 0. The number of carbonyl (C=O) groups is 2. The van der Waals surface area contributed by atoms with Crippen LogP contribution < -0.4 is 5.32 Å². The highest BCUT2D eigenvalue weighted by molar-refractivity contribution is 5.77. The van der Waals surface area contributed by atoms with E-state index in [0.29, 0.717) is 32.1 Å². The summed E-state index contributed by atoms with van der Waals surface area (Å²) in [4.78, 5) is 23.8. The summed E-state index contributed by atoms with van der Waals surface area (Å²) in [5, 5.41) is 11.6. The second-order valence-corrected chi connectivity index (χ2v) is 4.39. The van der Waals surface area contributed by atoms with Crippen molar-refractivity contribution in [1.82, 2.24) is 10.2 Å². The van der Waals surface area contributed by atoms with Crippen molar-refractivity contribution in [3.63, 3.8) is 0 Å². The first kappa shape index (κ1) is 10.4. The van der Waals surface area contributed by atoms with E-state index in [1.54, 1.807) is 0 Å². The number of aliphatic carboxylic acids is 1. The second-order valence-electron chi connectivity index (χ2n) is 4.39. The van der Waals surface area contributed by atoms with Crippen molar-refractivity contribution in [3.05, 3.63) is 0 Å². The van der Waals surface area contributed by atoms with Gasteiger partial charge in [0.2, 0.25) is 5.91 Å². The molecule has 1 heterocycles. The van der Waals surface area contributed by atoms with Crippen LogP contribution in [0.2, 0.25) is 0 Å². The van der Waals surface area contributed by atoms with E-state index in [0.717, 1.165) is 12.8 Å². The molecule has 0 aromatic carbocycles. The molecule has 1 aliphatic carbocycles. The Morgan fingerprint density at radius 3 is 2.53 bits per heavy atom. The molecule has 84 valence electrons. The number of hydrogen-bond acceptors (Lipinski definition) is 3. The third kappa shape index (κ3) is 2.92. The summed E-state index contributed by atoms with van der Waals surface area (Å²) >= 11 is 0. The van der Waals surface area contributed by atoms with Crippen LogP contribution >= 0.6 is 0 Å². The van der Waals surface area contributed by atoms with E-state index in [1.807, 2.05) is 4.90 Å². The fourth-order valence-electron chi connectivity index (χ4n) is 1.70. The first-order chi connectivity index (χ1) is 7.15. The number of likely N-dealkylation sites (tertiary alicyclic amines) is 1. The molecule has 5 nitrogen and oxygen atoms in total. The fraction of sp³-hybridized carbons (Fsp3) is 0.800. The summed E-state index contributed by atoms with van der Waals surface area (Å²) in [5.74, 6) is -0.860. The smallest absolute Gasteiger partial charge is 0.309 e. The number of amides is 1. The third-order valence-electron chi connectivity index (χ3n) is 2.90. The molecule has 2 N–H and O–H groups in total. The SMILES string of the molecule is O=C(CCN1CC(C(=O)O)C1)NC1CC1. The van der Waals surface area contributed by atoms with Crippen LogP contribution in [0.3, 0.4) is 0 Å². The molecular formula is C10H16N2O3. The highest BCUT2D eigenvalue weighted by Crippen LogP contribution is 2.19. The zero-order valence-electron chi connectivity index (χ0n) is 8.61. The lowest BCUT2D eigenvalue weighted by molar-refractivity contribution is -0.147. The number of hydrogen-bond donors (Lipinski definition) is 2. The molecule has 1 amide bonds. The van der Waals surface area contributed by atoms with Crippen LogP contribution in [0, 0.1) is 5.92 Å². The van der Waals surface area contributed by atoms with E-state index in [4.69, 9.17) is 5.11 Å². The number of carboxylic acids is 1. The zero-order valence-corrected chi connectivity index (χ0v) is 8.61. The minimum Gasteiger partial charge on any atom is -0.481 e. The van der Waals surface area contributed by atoms with E-state index in [1.165, 1.54) is 0 Å². The number of carboxylic acid groups (broad SMARTS) is 1. The van der Waals surface area contributed by atoms with Crippen molar-refractivity contribution >= 4 is 11.9 Å². The average Bonchev–Trinajstić information content (AvgIpc) is 2.84. The molecule has 0 unspecified atom stereocenters. The normalized spacial score (nSPS) is 22.1. The summed E-state index contributed by atoms with van der Waals surface area (Å²) in [6.45, 7) is 1.86. The highest BCUT2D eigenvalue weighted by atomic mass is 16.4. The van der Waals surface area contributed by atoms with E-state index >= 15 is 0 Å². The largest absolute Gasteiger partial charge is 0.481 e. The molecule has 2 rings (SSSR count). The van der Waals surface area contributed by atoms with Gasteiger partial charge in [-0.05, 0) is 12.8 Å². The minimum atomic E-state index is -0.728. The lowest BCUT2D eigenvalue weighted by Gasteiger charge is -2.36. The molecular weight excluding hydrogens is 196 g/mol. The molecule has 1 aliphatic heterocycles. The standard InChI is InChI=1S/C10H16N2O3/c13-9(11-8-1-2-8)3-4-12-5-7(6-12)10(14)15/h7-8H,1-6H2,(H,11,13)(H,14,15). The molecule has 5 heteroatoms. The van der Waals surface area contributed by atoms with Gasteiger partial charge < -0.3 is 15.3 Å². The van der Waals surface area contributed by atoms with E-state index < -0.39 is 5.97 Å². The van der Waals surface area contributed by atoms with Gasteiger partial charge in [0, 0.05) is 32.1 Å². The number of rotatable bonds is 5. The Balaban J connectivity index is 1.55. The van der Waals surface area contributed by atoms with Gasteiger partial charge in [-0.25, -0.2) is 0 Å². The topological polar surface area (TPSA) is 69.6 Å². The number of nitrogens with one attached hydrogen (secondary N) is 1. The molecule has 0 radical (unpaired) electrons. The van der Waals surface area contributed by atoms with E-state index in [-0.39, 0.29) is 11.8 Å². The van der Waals surface area contributed by atoms with Crippen LogP contribution in [0.1, 0.15) is 19.3 Å². The molecule has 0 atom stereocenters. The maximum absolute atomic E-state index is 11.3. The van der Waals surface area contributed by atoms with Crippen molar-refractivity contribution in [1.29, 1.82) is 0 Å². The van der Waals surface area contributed by atoms with Gasteiger partial charge in [0.1, 0.15) is 0 Å². The van der Waals surface area contributed by atoms with E-state index in [2.05, 4.69) is 5.32 Å². The van der Waals surface area contributed by atoms with Crippen molar-refractivity contribution < 1.29 is 14.7 Å². The predicted octanol–water partition coefficient (Wildman–Crippen LogP) is -0.328. The Morgan fingerprint density at radius 1 is 1.33 bits per heavy atom. The second kappa shape index (κ2) is 4.18. The molecule has 0 bridgehead atoms. The Labute approximate surface area is 88.4 Å². The van der Waals surface area contributed by atoms with Gasteiger partial charge >= 0.3 is 5.97 Å². The molecule has 1 saturated heterocycles. The molecule has 0 aromatic rings. The monoisotopic (exact) mass is 212 g/mol. The Morgan fingerprint density at radius 2 is 2.00 bits per heavy atom. The van der Waals surface area contributed by atoms with Gasteiger partial charge in [0.05, 0.1) is 5.92 Å². The number of nitrogens with zero attached hydrogens (tertiary/aromatic N) is 1. The van der Waals surface area contributed by atoms with Crippen molar-refractivity contribution in [2.45, 2.75) is 25.3 Å². The minimum absolute atomic E-state index is 0.0938. The van der Waals surface area contributed by atoms with Gasteiger partial charge in [-0.2, -0.15) is 0 Å². The first-order valence-corrected chi connectivity index (χ1v) is 5.39. The van der Waals surface area contributed by atoms with Gasteiger partial charge in [-0.15, -0.1) is 0 Å². The van der Waals surface area contributed by atoms with E-state index in [9.17, 15) is 9.59 Å². The lowest BCUT2D eigenvalue weighted by Crippen LogP contribution is -2.51.